The van der Waals surface area contributed by atoms with Gasteiger partial charge in [0.05, 0.1) is 73.7 Å². The number of amides is 8. The van der Waals surface area contributed by atoms with E-state index in [1.807, 2.05) is 34.1 Å². The van der Waals surface area contributed by atoms with Crippen molar-refractivity contribution in [2.24, 2.45) is 0 Å². The van der Waals surface area contributed by atoms with Crippen molar-refractivity contribution in [1.29, 1.82) is 0 Å². The molecule has 17 rings (SSSR count). The van der Waals surface area contributed by atoms with Gasteiger partial charge in [-0.3, -0.25) is 58.0 Å². The van der Waals surface area contributed by atoms with Crippen molar-refractivity contribution in [1.82, 2.24) is 40.0 Å². The molecule has 6 aliphatic rings. The molecule has 4 unspecified atom stereocenters. The number of rotatable bonds is 26. The van der Waals surface area contributed by atoms with Crippen molar-refractivity contribution in [3.05, 3.63) is 216 Å². The number of para-hydroxylation sites is 4. The predicted molar refractivity (Wildman–Crippen MR) is 381 cm³/mol. The first-order valence-corrected chi connectivity index (χ1v) is 34.9. The van der Waals surface area contributed by atoms with Crippen molar-refractivity contribution in [3.63, 3.8) is 0 Å². The number of fused-ring (bicyclic) bond motifs is 2. The summed E-state index contributed by atoms with van der Waals surface area (Å²) in [7, 11) is 0. The highest BCUT2D eigenvalue weighted by Gasteiger charge is 2.50. The lowest BCUT2D eigenvalue weighted by molar-refractivity contribution is -0.140. The van der Waals surface area contributed by atoms with Crippen LogP contribution in [0.25, 0.3) is 43.1 Å². The van der Waals surface area contributed by atoms with E-state index in [1.165, 1.54) is 48.9 Å². The molecule has 8 heterocycles. The molecule has 0 bridgehead atoms. The van der Waals surface area contributed by atoms with Crippen molar-refractivity contribution >= 4 is 90.3 Å². The Bertz CT molecular complexity index is 4680. The number of ether oxygens (including phenoxy) is 8. The molecule has 0 radical (unpaired) electrons. The highest BCUT2D eigenvalue weighted by Crippen LogP contribution is 2.58. The van der Waals surface area contributed by atoms with Crippen LogP contribution in [0.5, 0.6) is 46.0 Å². The van der Waals surface area contributed by atoms with Crippen LogP contribution in [0, 0.1) is 0 Å². The Morgan fingerprint density at radius 1 is 0.387 bits per heavy atom. The first-order valence-electron chi connectivity index (χ1n) is 34.9. The van der Waals surface area contributed by atoms with Gasteiger partial charge in [0.15, 0.2) is 12.1 Å². The minimum absolute atomic E-state index is 0.0109. The minimum Gasteiger partial charge on any atom is -0.467 e. The molecule has 536 valence electrons. The Morgan fingerprint density at radius 2 is 0.689 bits per heavy atom. The lowest BCUT2D eigenvalue weighted by Crippen LogP contribution is -2.54. The van der Waals surface area contributed by atoms with Gasteiger partial charge >= 0.3 is 0 Å². The summed E-state index contributed by atoms with van der Waals surface area (Å²) in [4.78, 5) is 131. The zero-order chi connectivity index (χ0) is 72.1. The third kappa shape index (κ3) is 13.0. The van der Waals surface area contributed by atoms with E-state index in [4.69, 9.17) is 46.7 Å². The highest BCUT2D eigenvalue weighted by atomic mass is 16.6. The van der Waals surface area contributed by atoms with Crippen LogP contribution in [0.15, 0.2) is 191 Å². The first-order chi connectivity index (χ1) is 51.9. The third-order valence-corrected chi connectivity index (χ3v) is 19.7. The van der Waals surface area contributed by atoms with Gasteiger partial charge in [-0.15, -0.1) is 0 Å². The second-order valence-corrected chi connectivity index (χ2v) is 26.5. The van der Waals surface area contributed by atoms with E-state index in [0.717, 1.165) is 9.80 Å². The molecule has 26 heteroatoms. The minimum atomic E-state index is -1.65. The maximum Gasteiger partial charge on any atom is 0.262 e. The SMILES string of the molecule is O=C(COCN1CCN(C(=O)C(c2ccco2)N2C(=O)c3cc(Oc4ccccc4)c4c5c(Oc6ccccc6)cc6c7c(cc(Oc8ccccc8)c(c8c(Oc9ccccc9)cc(c3c48)C2=O)c75)C(=O)N(C(C(=O)N2CCN(COCC(=O)NCC3CO3)CC2)c2ccco2)C6=O)CC1)NCC1CO1. The van der Waals surface area contributed by atoms with E-state index >= 15 is 28.8 Å². The zero-order valence-electron chi connectivity index (χ0n) is 57.0. The molecule has 0 saturated carbocycles. The number of nitrogens with zero attached hydrogens (tertiary/aromatic N) is 6. The zero-order valence-corrected chi connectivity index (χ0v) is 57.0. The first kappa shape index (κ1) is 67.2. The number of hydrogen-bond acceptors (Lipinski definition) is 20. The summed E-state index contributed by atoms with van der Waals surface area (Å²) in [6.45, 7) is 3.84. The molecule has 9 aromatic carbocycles. The summed E-state index contributed by atoms with van der Waals surface area (Å²) in [6, 6.07) is 44.4. The fourth-order valence-electron chi connectivity index (χ4n) is 14.4. The van der Waals surface area contributed by atoms with E-state index in [-0.39, 0.29) is 177 Å². The molecular formula is C80H68N8O18. The molecule has 4 atom stereocenters. The van der Waals surface area contributed by atoms with Crippen molar-refractivity contribution in [3.8, 4) is 46.0 Å². The van der Waals surface area contributed by atoms with Gasteiger partial charge in [-0.1, -0.05) is 72.8 Å². The lowest BCUT2D eigenvalue weighted by Gasteiger charge is -2.39. The Kier molecular flexibility index (Phi) is 18.1. The van der Waals surface area contributed by atoms with Gasteiger partial charge in [-0.2, -0.15) is 0 Å². The Balaban J connectivity index is 0.839. The maximum atomic E-state index is 16.4. The quantitative estimate of drug-likeness (QED) is 0.0220. The van der Waals surface area contributed by atoms with Gasteiger partial charge < -0.3 is 67.2 Å². The molecule has 0 aliphatic carbocycles. The largest absolute Gasteiger partial charge is 0.467 e. The monoisotopic (exact) mass is 1430 g/mol. The summed E-state index contributed by atoms with van der Waals surface area (Å²) < 4.78 is 62.5. The molecule has 4 fully saturated rings. The number of epoxide rings is 2. The second kappa shape index (κ2) is 28.5. The molecule has 106 heavy (non-hydrogen) atoms. The molecule has 6 aliphatic heterocycles. The molecule has 4 saturated heterocycles. The topological polar surface area (TPSA) is 287 Å². The number of furan rings is 2. The van der Waals surface area contributed by atoms with Crippen LogP contribution >= 0.6 is 0 Å². The summed E-state index contributed by atoms with van der Waals surface area (Å²) in [5.41, 5.74) is -0.219. The van der Waals surface area contributed by atoms with Crippen LogP contribution in [0.3, 0.4) is 0 Å². The molecule has 2 aromatic heterocycles. The summed E-state index contributed by atoms with van der Waals surface area (Å²) >= 11 is 0. The van der Waals surface area contributed by atoms with Crippen molar-refractivity contribution in [2.75, 3.05) is 105 Å². The van der Waals surface area contributed by atoms with Gasteiger partial charge in [0.1, 0.15) is 70.7 Å². The molecule has 2 N–H and O–H groups in total. The molecule has 0 spiro atoms. The van der Waals surface area contributed by atoms with Gasteiger partial charge in [0.25, 0.3) is 35.4 Å². The van der Waals surface area contributed by atoms with Gasteiger partial charge in [-0.25, -0.2) is 0 Å². The number of nitrogens with one attached hydrogen (secondary N) is 2. The maximum absolute atomic E-state index is 16.4. The van der Waals surface area contributed by atoms with E-state index < -0.39 is 47.5 Å². The number of benzene rings is 9. The lowest BCUT2D eigenvalue weighted by atomic mass is 9.80. The van der Waals surface area contributed by atoms with E-state index in [1.54, 1.807) is 119 Å². The third-order valence-electron chi connectivity index (χ3n) is 19.7. The number of carbonyl (C=O) groups is 8. The average molecular weight is 1430 g/mol. The standard InChI is InChI=1S/C80H68N8O18/c89-63(81-39-51-41-101-51)43-97-45-83-25-29-85(30-26-83)79(95)73(57-23-13-33-99-57)87-75(91)53-35-59(103-47-15-5-1-6-16-47)67-68-60(104-48-17-7-2-8-18-48)36-55-66-56(78(94)88(77(55)93)74(58-24-14-34-100-58)80(96)86-31-27-84(28-32-86)46-98-44-64(90)82-40-52-42-102-52)38-62(106-50-21-11-4-12-22-50)70(72(66)68)69-61(105-49-19-9-3-10-20-49)37-54(76(87)92)65(53)71(67)69/h1-24,33-38,51-52,73-74H,25-32,39-46H2,(H,81,89)(H,82,90). The van der Waals surface area contributed by atoms with Crippen LogP contribution in [-0.2, 0) is 38.1 Å². The van der Waals surface area contributed by atoms with Gasteiger partial charge in [0, 0.05) is 109 Å². The fourth-order valence-corrected chi connectivity index (χ4v) is 14.4. The van der Waals surface area contributed by atoms with Crippen molar-refractivity contribution < 1.29 is 85.1 Å². The van der Waals surface area contributed by atoms with E-state index in [9.17, 15) is 9.59 Å². The molecule has 26 nitrogen and oxygen atoms in total. The van der Waals surface area contributed by atoms with Gasteiger partial charge in [0.2, 0.25) is 11.8 Å². The number of carbonyl (C=O) groups excluding carboxylic acids is 8. The Morgan fingerprint density at radius 3 is 0.962 bits per heavy atom. The van der Waals surface area contributed by atoms with Crippen LogP contribution in [0.2, 0.25) is 0 Å². The number of piperazine rings is 2. The molecule has 8 amide bonds. The normalized spacial score (nSPS) is 17.8. The predicted octanol–water partition coefficient (Wildman–Crippen LogP) is 10.0. The van der Waals surface area contributed by atoms with Gasteiger partial charge in [-0.05, 0) is 97.1 Å². The van der Waals surface area contributed by atoms with Crippen LogP contribution in [0.1, 0.15) is 65.0 Å². The molecular weight excluding hydrogens is 1360 g/mol. The average Bonchev–Trinajstić information content (AvgIpc) is 0.872. The smallest absolute Gasteiger partial charge is 0.262 e. The van der Waals surface area contributed by atoms with Crippen molar-refractivity contribution in [2.45, 2.75) is 24.3 Å². The van der Waals surface area contributed by atoms with E-state index in [0.29, 0.717) is 75.5 Å². The van der Waals surface area contributed by atoms with Crippen LogP contribution in [0.4, 0.5) is 0 Å². The summed E-state index contributed by atoms with van der Waals surface area (Å²) in [6.07, 6.45) is 2.76. The van der Waals surface area contributed by atoms with Crippen LogP contribution < -0.4 is 29.6 Å². The number of hydrogen-bond donors (Lipinski definition) is 2. The van der Waals surface area contributed by atoms with Crippen LogP contribution in [-0.4, -0.2) is 194 Å². The Labute approximate surface area is 604 Å². The highest BCUT2D eigenvalue weighted by molar-refractivity contribution is 6.45. The second-order valence-electron chi connectivity index (χ2n) is 26.5. The summed E-state index contributed by atoms with van der Waals surface area (Å²) in [5, 5.41) is 7.31. The summed E-state index contributed by atoms with van der Waals surface area (Å²) in [5.74, 6) is -3.82. The fraction of sp³-hybridized carbons (Fsp3) is 0.250. The number of imide groups is 2. The Hall–Kier alpha value is -12.0. The van der Waals surface area contributed by atoms with E-state index in [2.05, 4.69) is 10.6 Å². The molecule has 11 aromatic rings.